The number of nitrogens with zero attached hydrogens (tertiary/aromatic N) is 1. The van der Waals surface area contributed by atoms with Gasteiger partial charge in [0.2, 0.25) is 5.95 Å². The number of fused-ring (bicyclic) bond motifs is 1. The van der Waals surface area contributed by atoms with Crippen LogP contribution in [0.5, 0.6) is 0 Å². The van der Waals surface area contributed by atoms with Gasteiger partial charge < -0.3 is 10.3 Å². The Morgan fingerprint density at radius 1 is 1.05 bits per heavy atom. The molecule has 0 aliphatic rings. The molecule has 19 heavy (non-hydrogen) atoms. The zero-order valence-electron chi connectivity index (χ0n) is 11.0. The Hall–Kier alpha value is -2.29. The standard InChI is InChI=1S/C16H17N3/c1-2-5-12-8-10-13(11-9-12)17-16-18-14-6-3-4-7-15(14)19-16/h3-4,6-11H,2,5H2,1H3,(H2,17,18,19). The lowest BCUT2D eigenvalue weighted by Gasteiger charge is -2.04. The van der Waals surface area contributed by atoms with Crippen molar-refractivity contribution in [2.75, 3.05) is 5.32 Å². The third-order valence-corrected chi connectivity index (χ3v) is 3.14. The number of H-pyrrole nitrogens is 1. The van der Waals surface area contributed by atoms with E-state index in [0.29, 0.717) is 0 Å². The Bertz CT molecular complexity index is 635. The van der Waals surface area contributed by atoms with E-state index in [0.717, 1.165) is 29.1 Å². The highest BCUT2D eigenvalue weighted by atomic mass is 15.1. The highest BCUT2D eigenvalue weighted by Crippen LogP contribution is 2.18. The minimum Gasteiger partial charge on any atom is -0.326 e. The van der Waals surface area contributed by atoms with Crippen molar-refractivity contribution in [2.45, 2.75) is 19.8 Å². The van der Waals surface area contributed by atoms with E-state index in [-0.39, 0.29) is 0 Å². The Labute approximate surface area is 112 Å². The summed E-state index contributed by atoms with van der Waals surface area (Å²) in [4.78, 5) is 7.76. The molecule has 1 heterocycles. The van der Waals surface area contributed by atoms with Crippen molar-refractivity contribution >= 4 is 22.7 Å². The maximum atomic E-state index is 4.50. The number of aromatic amines is 1. The minimum absolute atomic E-state index is 0.782. The molecule has 0 aliphatic heterocycles. The summed E-state index contributed by atoms with van der Waals surface area (Å²) in [5.41, 5.74) is 4.46. The van der Waals surface area contributed by atoms with Gasteiger partial charge in [0.15, 0.2) is 0 Å². The smallest absolute Gasteiger partial charge is 0.205 e. The van der Waals surface area contributed by atoms with E-state index >= 15 is 0 Å². The molecular formula is C16H17N3. The van der Waals surface area contributed by atoms with Crippen molar-refractivity contribution in [3.63, 3.8) is 0 Å². The first-order valence-corrected chi connectivity index (χ1v) is 6.66. The Kier molecular flexibility index (Phi) is 3.19. The summed E-state index contributed by atoms with van der Waals surface area (Å²) < 4.78 is 0. The number of aromatic nitrogens is 2. The average molecular weight is 251 g/mol. The summed E-state index contributed by atoms with van der Waals surface area (Å²) in [7, 11) is 0. The molecule has 0 aliphatic carbocycles. The van der Waals surface area contributed by atoms with Crippen LogP contribution < -0.4 is 5.32 Å². The molecule has 0 saturated carbocycles. The van der Waals surface area contributed by atoms with Gasteiger partial charge in [0, 0.05) is 5.69 Å². The molecule has 0 saturated heterocycles. The maximum absolute atomic E-state index is 4.50. The number of hydrogen-bond acceptors (Lipinski definition) is 2. The first-order valence-electron chi connectivity index (χ1n) is 6.66. The average Bonchev–Trinajstić information content (AvgIpc) is 2.83. The summed E-state index contributed by atoms with van der Waals surface area (Å²) >= 11 is 0. The fraction of sp³-hybridized carbons (Fsp3) is 0.188. The van der Waals surface area contributed by atoms with Crippen molar-refractivity contribution < 1.29 is 0 Å². The monoisotopic (exact) mass is 251 g/mol. The first kappa shape index (κ1) is 11.8. The molecule has 3 nitrogen and oxygen atoms in total. The lowest BCUT2D eigenvalue weighted by atomic mass is 10.1. The normalized spacial score (nSPS) is 10.8. The Balaban J connectivity index is 1.80. The molecule has 0 bridgehead atoms. The SMILES string of the molecule is CCCc1ccc(Nc2nc3ccccc3[nH]2)cc1. The lowest BCUT2D eigenvalue weighted by molar-refractivity contribution is 0.922. The number of anilines is 2. The topological polar surface area (TPSA) is 40.7 Å². The van der Waals surface area contributed by atoms with Crippen LogP contribution in [0.2, 0.25) is 0 Å². The number of imidazole rings is 1. The van der Waals surface area contributed by atoms with E-state index in [1.54, 1.807) is 0 Å². The third kappa shape index (κ3) is 2.60. The quantitative estimate of drug-likeness (QED) is 0.727. The highest BCUT2D eigenvalue weighted by molar-refractivity contribution is 5.78. The van der Waals surface area contributed by atoms with E-state index in [2.05, 4.69) is 46.5 Å². The molecule has 3 aromatic rings. The van der Waals surface area contributed by atoms with E-state index in [1.165, 1.54) is 12.0 Å². The van der Waals surface area contributed by atoms with Gasteiger partial charge >= 0.3 is 0 Å². The number of para-hydroxylation sites is 2. The van der Waals surface area contributed by atoms with Crippen molar-refractivity contribution in [2.24, 2.45) is 0 Å². The van der Waals surface area contributed by atoms with Crippen LogP contribution in [0, 0.1) is 0 Å². The van der Waals surface area contributed by atoms with Crippen LogP contribution in [0.25, 0.3) is 11.0 Å². The fourth-order valence-electron chi connectivity index (χ4n) is 2.19. The summed E-state index contributed by atoms with van der Waals surface area (Å²) in [6, 6.07) is 16.5. The molecule has 0 spiro atoms. The molecule has 2 N–H and O–H groups in total. The van der Waals surface area contributed by atoms with Crippen LogP contribution in [0.3, 0.4) is 0 Å². The zero-order chi connectivity index (χ0) is 13.1. The predicted molar refractivity (Wildman–Crippen MR) is 79.8 cm³/mol. The molecule has 2 aromatic carbocycles. The van der Waals surface area contributed by atoms with Crippen molar-refractivity contribution in [1.29, 1.82) is 0 Å². The third-order valence-electron chi connectivity index (χ3n) is 3.14. The van der Waals surface area contributed by atoms with E-state index in [1.807, 2.05) is 24.3 Å². The van der Waals surface area contributed by atoms with Crippen molar-refractivity contribution in [3.05, 3.63) is 54.1 Å². The van der Waals surface area contributed by atoms with Gasteiger partial charge in [0.1, 0.15) is 0 Å². The molecular weight excluding hydrogens is 234 g/mol. The fourth-order valence-corrected chi connectivity index (χ4v) is 2.19. The van der Waals surface area contributed by atoms with E-state index in [4.69, 9.17) is 0 Å². The van der Waals surface area contributed by atoms with Gasteiger partial charge in [0.25, 0.3) is 0 Å². The Morgan fingerprint density at radius 3 is 2.58 bits per heavy atom. The van der Waals surface area contributed by atoms with Crippen molar-refractivity contribution in [1.82, 2.24) is 9.97 Å². The van der Waals surface area contributed by atoms with Gasteiger partial charge in [-0.2, -0.15) is 0 Å². The molecule has 0 amide bonds. The van der Waals surface area contributed by atoms with Crippen molar-refractivity contribution in [3.8, 4) is 0 Å². The number of rotatable bonds is 4. The van der Waals surface area contributed by atoms with Gasteiger partial charge in [-0.05, 0) is 36.2 Å². The van der Waals surface area contributed by atoms with Crippen LogP contribution in [0.4, 0.5) is 11.6 Å². The van der Waals surface area contributed by atoms with Gasteiger partial charge in [-0.3, -0.25) is 0 Å². The van der Waals surface area contributed by atoms with Crippen LogP contribution >= 0.6 is 0 Å². The molecule has 1 aromatic heterocycles. The zero-order valence-corrected chi connectivity index (χ0v) is 11.0. The van der Waals surface area contributed by atoms with Crippen LogP contribution in [-0.2, 0) is 6.42 Å². The van der Waals surface area contributed by atoms with E-state index < -0.39 is 0 Å². The molecule has 3 heteroatoms. The molecule has 0 unspecified atom stereocenters. The molecule has 0 atom stereocenters. The van der Waals surface area contributed by atoms with Gasteiger partial charge in [-0.25, -0.2) is 4.98 Å². The summed E-state index contributed by atoms with van der Waals surface area (Å²) in [6.07, 6.45) is 2.31. The maximum Gasteiger partial charge on any atom is 0.205 e. The number of aryl methyl sites for hydroxylation is 1. The van der Waals surface area contributed by atoms with Gasteiger partial charge in [-0.15, -0.1) is 0 Å². The number of benzene rings is 2. The minimum atomic E-state index is 0.782. The second-order valence-electron chi connectivity index (χ2n) is 4.67. The second-order valence-corrected chi connectivity index (χ2v) is 4.67. The van der Waals surface area contributed by atoms with Crippen LogP contribution in [-0.4, -0.2) is 9.97 Å². The van der Waals surface area contributed by atoms with Gasteiger partial charge in [-0.1, -0.05) is 37.6 Å². The molecule has 0 radical (unpaired) electrons. The second kappa shape index (κ2) is 5.14. The van der Waals surface area contributed by atoms with Crippen LogP contribution in [0.15, 0.2) is 48.5 Å². The Morgan fingerprint density at radius 2 is 1.84 bits per heavy atom. The van der Waals surface area contributed by atoms with Crippen LogP contribution in [0.1, 0.15) is 18.9 Å². The molecule has 0 fully saturated rings. The lowest BCUT2D eigenvalue weighted by Crippen LogP contribution is -1.92. The highest BCUT2D eigenvalue weighted by Gasteiger charge is 2.01. The van der Waals surface area contributed by atoms with E-state index in [9.17, 15) is 0 Å². The number of nitrogens with one attached hydrogen (secondary N) is 2. The molecule has 96 valence electrons. The predicted octanol–water partition coefficient (Wildman–Crippen LogP) is 4.26. The molecule has 3 rings (SSSR count). The summed E-state index contributed by atoms with van der Waals surface area (Å²) in [5.74, 6) is 0.782. The summed E-state index contributed by atoms with van der Waals surface area (Å²) in [6.45, 7) is 2.20. The summed E-state index contributed by atoms with van der Waals surface area (Å²) in [5, 5.41) is 3.30. The largest absolute Gasteiger partial charge is 0.326 e. The number of hydrogen-bond donors (Lipinski definition) is 2. The van der Waals surface area contributed by atoms with Gasteiger partial charge in [0.05, 0.1) is 11.0 Å². The first-order chi connectivity index (χ1) is 9.35.